The molecule has 144 valence electrons. The molecule has 1 atom stereocenters. The Morgan fingerprint density at radius 3 is 2.74 bits per heavy atom. The van der Waals surface area contributed by atoms with E-state index >= 15 is 0 Å². The summed E-state index contributed by atoms with van der Waals surface area (Å²) in [6.45, 7) is 9.12. The van der Waals surface area contributed by atoms with Crippen LogP contribution in [0.25, 0.3) is 0 Å². The second kappa shape index (κ2) is 8.91. The molecule has 0 fully saturated rings. The first kappa shape index (κ1) is 20.8. The molecule has 0 saturated heterocycles. The molecular weight excluding hydrogens is 360 g/mol. The van der Waals surface area contributed by atoms with Crippen molar-refractivity contribution in [3.05, 3.63) is 34.0 Å². The van der Waals surface area contributed by atoms with Gasteiger partial charge in [-0.3, -0.25) is 4.79 Å². The van der Waals surface area contributed by atoms with Crippen molar-refractivity contribution in [2.24, 2.45) is 0 Å². The van der Waals surface area contributed by atoms with Gasteiger partial charge in [0, 0.05) is 44.1 Å². The lowest BCUT2D eigenvalue weighted by Gasteiger charge is -2.18. The van der Waals surface area contributed by atoms with Crippen LogP contribution < -0.4 is 10.2 Å². The Hall–Kier alpha value is -2.53. The number of anilines is 1. The van der Waals surface area contributed by atoms with Gasteiger partial charge in [0.25, 0.3) is 0 Å². The Morgan fingerprint density at radius 2 is 2.15 bits per heavy atom. The number of carbonyl (C=O) groups is 1. The number of thiazole rings is 1. The molecule has 1 N–H and O–H groups in total. The highest BCUT2D eigenvalue weighted by molar-refractivity contribution is 7.09. The second-order valence-corrected chi connectivity index (χ2v) is 8.31. The number of rotatable bonds is 7. The Morgan fingerprint density at radius 1 is 1.41 bits per heavy atom. The first-order chi connectivity index (χ1) is 12.7. The topological polar surface area (TPSA) is 94.8 Å². The highest BCUT2D eigenvalue weighted by Gasteiger charge is 2.24. The van der Waals surface area contributed by atoms with E-state index in [9.17, 15) is 10.1 Å². The Labute approximate surface area is 164 Å². The van der Waals surface area contributed by atoms with Crippen molar-refractivity contribution in [1.82, 2.24) is 20.3 Å². The number of amides is 1. The quantitative estimate of drug-likeness (QED) is 0.735. The summed E-state index contributed by atoms with van der Waals surface area (Å²) in [5.41, 5.74) is 1.57. The Bertz CT molecular complexity index is 820. The van der Waals surface area contributed by atoms with E-state index in [1.807, 2.05) is 17.3 Å². The van der Waals surface area contributed by atoms with E-state index in [0.29, 0.717) is 24.7 Å². The summed E-state index contributed by atoms with van der Waals surface area (Å²) in [5.74, 6) is 0.00893. The summed E-state index contributed by atoms with van der Waals surface area (Å²) in [7, 11) is 1.90. The van der Waals surface area contributed by atoms with Crippen LogP contribution in [0.3, 0.4) is 0 Å². The van der Waals surface area contributed by atoms with Gasteiger partial charge in [-0.25, -0.2) is 15.0 Å². The highest BCUT2D eigenvalue weighted by Crippen LogP contribution is 2.30. The van der Waals surface area contributed by atoms with E-state index in [4.69, 9.17) is 0 Å². The molecule has 0 aliphatic heterocycles. The normalized spacial score (nSPS) is 12.3. The maximum Gasteiger partial charge on any atom is 0.225 e. The minimum atomic E-state index is -0.513. The van der Waals surface area contributed by atoms with Crippen LogP contribution >= 0.6 is 11.3 Å². The maximum atomic E-state index is 10.9. The van der Waals surface area contributed by atoms with E-state index in [1.54, 1.807) is 12.3 Å². The molecule has 0 bridgehead atoms. The summed E-state index contributed by atoms with van der Waals surface area (Å²) >= 11 is 1.49. The molecule has 0 radical (unpaired) electrons. The van der Waals surface area contributed by atoms with Gasteiger partial charge in [0.15, 0.2) is 0 Å². The summed E-state index contributed by atoms with van der Waals surface area (Å²) < 4.78 is 0. The molecule has 2 aromatic rings. The number of nitrogens with one attached hydrogen (secondary N) is 1. The average molecular weight is 387 g/mol. The van der Waals surface area contributed by atoms with Gasteiger partial charge >= 0.3 is 0 Å². The van der Waals surface area contributed by atoms with Crippen LogP contribution in [0, 0.1) is 11.3 Å². The number of aromatic nitrogens is 3. The fourth-order valence-corrected chi connectivity index (χ4v) is 3.50. The lowest BCUT2D eigenvalue weighted by Crippen LogP contribution is -2.27. The molecule has 7 nitrogen and oxygen atoms in total. The molecule has 27 heavy (non-hydrogen) atoms. The minimum absolute atomic E-state index is 0.0363. The van der Waals surface area contributed by atoms with Gasteiger partial charge in [0.05, 0.1) is 17.5 Å². The van der Waals surface area contributed by atoms with Gasteiger partial charge in [-0.15, -0.1) is 11.3 Å². The molecule has 0 aromatic carbocycles. The van der Waals surface area contributed by atoms with Crippen LogP contribution in [0.1, 0.15) is 56.4 Å². The SMILES string of the molecule is CC(=O)NCCCN(C)c1nccc(C(C#N)c2nc(C(C)(C)C)cs2)n1. The predicted molar refractivity (Wildman–Crippen MR) is 107 cm³/mol. The van der Waals surface area contributed by atoms with Crippen LogP contribution in [-0.2, 0) is 10.2 Å². The summed E-state index contributed by atoms with van der Waals surface area (Å²) in [5, 5.41) is 15.2. The van der Waals surface area contributed by atoms with Crippen LogP contribution in [-0.4, -0.2) is 41.0 Å². The third-order valence-electron chi connectivity index (χ3n) is 4.01. The van der Waals surface area contributed by atoms with Crippen molar-refractivity contribution in [2.75, 3.05) is 25.0 Å². The number of hydrogen-bond acceptors (Lipinski definition) is 7. The Balaban J connectivity index is 2.13. The maximum absolute atomic E-state index is 10.9. The zero-order valence-electron chi connectivity index (χ0n) is 16.5. The fraction of sp³-hybridized carbons (Fsp3) is 0.526. The molecule has 8 heteroatoms. The standard InChI is InChI=1S/C19H26N6OS/c1-13(26)21-8-6-10-25(5)18-22-9-7-15(23-18)14(11-20)17-24-16(12-27-17)19(2,3)4/h7,9,12,14H,6,8,10H2,1-5H3,(H,21,26). The molecule has 0 spiro atoms. The highest BCUT2D eigenvalue weighted by atomic mass is 32.1. The largest absolute Gasteiger partial charge is 0.356 e. The molecular formula is C19H26N6OS. The van der Waals surface area contributed by atoms with Crippen molar-refractivity contribution in [3.8, 4) is 6.07 Å². The molecule has 0 saturated carbocycles. The zero-order valence-corrected chi connectivity index (χ0v) is 17.3. The predicted octanol–water partition coefficient (Wildman–Crippen LogP) is 2.85. The van der Waals surface area contributed by atoms with E-state index in [0.717, 1.165) is 17.1 Å². The van der Waals surface area contributed by atoms with E-state index in [2.05, 4.69) is 47.1 Å². The van der Waals surface area contributed by atoms with Gasteiger partial charge in [-0.05, 0) is 12.5 Å². The van der Waals surface area contributed by atoms with Crippen molar-refractivity contribution in [1.29, 1.82) is 5.26 Å². The van der Waals surface area contributed by atoms with Crippen LogP contribution in [0.2, 0.25) is 0 Å². The fourth-order valence-electron chi connectivity index (χ4n) is 2.40. The number of nitrogens with zero attached hydrogens (tertiary/aromatic N) is 5. The van der Waals surface area contributed by atoms with Crippen LogP contribution in [0.5, 0.6) is 0 Å². The third kappa shape index (κ3) is 5.73. The molecule has 0 aliphatic rings. The van der Waals surface area contributed by atoms with Crippen molar-refractivity contribution < 1.29 is 4.79 Å². The number of hydrogen-bond donors (Lipinski definition) is 1. The average Bonchev–Trinajstić information content (AvgIpc) is 3.09. The Kier molecular flexibility index (Phi) is 6.86. The van der Waals surface area contributed by atoms with Gasteiger partial charge in [-0.2, -0.15) is 5.26 Å². The lowest BCUT2D eigenvalue weighted by atomic mass is 9.93. The lowest BCUT2D eigenvalue weighted by molar-refractivity contribution is -0.118. The summed E-state index contributed by atoms with van der Waals surface area (Å²) in [6, 6.07) is 4.09. The second-order valence-electron chi connectivity index (χ2n) is 7.42. The van der Waals surface area contributed by atoms with Crippen molar-refractivity contribution >= 4 is 23.2 Å². The van der Waals surface area contributed by atoms with E-state index < -0.39 is 5.92 Å². The van der Waals surface area contributed by atoms with Crippen LogP contribution in [0.4, 0.5) is 5.95 Å². The molecule has 1 amide bonds. The van der Waals surface area contributed by atoms with Crippen LogP contribution in [0.15, 0.2) is 17.6 Å². The molecule has 2 rings (SSSR count). The smallest absolute Gasteiger partial charge is 0.225 e. The number of nitriles is 1. The van der Waals surface area contributed by atoms with Crippen molar-refractivity contribution in [3.63, 3.8) is 0 Å². The van der Waals surface area contributed by atoms with Gasteiger partial charge < -0.3 is 10.2 Å². The van der Waals surface area contributed by atoms with E-state index in [1.165, 1.54) is 18.3 Å². The molecule has 2 heterocycles. The minimum Gasteiger partial charge on any atom is -0.356 e. The van der Waals surface area contributed by atoms with Crippen molar-refractivity contribution in [2.45, 2.75) is 45.4 Å². The van der Waals surface area contributed by atoms with Gasteiger partial charge in [-0.1, -0.05) is 20.8 Å². The molecule has 1 unspecified atom stereocenters. The monoisotopic (exact) mass is 386 g/mol. The van der Waals surface area contributed by atoms with Gasteiger partial charge in [0.1, 0.15) is 10.9 Å². The summed E-state index contributed by atoms with van der Waals surface area (Å²) in [4.78, 5) is 26.4. The zero-order chi connectivity index (χ0) is 20.0. The first-order valence-electron chi connectivity index (χ1n) is 8.86. The molecule has 2 aromatic heterocycles. The number of carbonyl (C=O) groups excluding carboxylic acids is 1. The summed E-state index contributed by atoms with van der Waals surface area (Å²) in [6.07, 6.45) is 2.46. The van der Waals surface area contributed by atoms with Gasteiger partial charge in [0.2, 0.25) is 11.9 Å². The molecule has 0 aliphatic carbocycles. The first-order valence-corrected chi connectivity index (χ1v) is 9.74. The van der Waals surface area contributed by atoms with E-state index in [-0.39, 0.29) is 11.3 Å². The third-order valence-corrected chi connectivity index (χ3v) is 4.92.